The van der Waals surface area contributed by atoms with Crippen molar-refractivity contribution < 1.29 is 4.42 Å². The van der Waals surface area contributed by atoms with Gasteiger partial charge in [-0.05, 0) is 30.5 Å². The lowest BCUT2D eigenvalue weighted by molar-refractivity contribution is 0.240. The van der Waals surface area contributed by atoms with Crippen molar-refractivity contribution in [3.05, 3.63) is 82.7 Å². The Morgan fingerprint density at radius 3 is 2.59 bits per heavy atom. The molecule has 4 nitrogen and oxygen atoms in total. The van der Waals surface area contributed by atoms with Crippen LogP contribution in [0.3, 0.4) is 0 Å². The first kappa shape index (κ1) is 17.6. The number of hydrogen-bond donors (Lipinski definition) is 1. The summed E-state index contributed by atoms with van der Waals surface area (Å²) in [5, 5.41) is 4.53. The van der Waals surface area contributed by atoms with Crippen LogP contribution in [0.1, 0.15) is 18.4 Å². The molecular formula is C23H24N2O2. The van der Waals surface area contributed by atoms with Crippen LogP contribution in [0.2, 0.25) is 0 Å². The Hall–Kier alpha value is -2.85. The Morgan fingerprint density at radius 2 is 1.78 bits per heavy atom. The van der Waals surface area contributed by atoms with Crippen molar-refractivity contribution in [2.45, 2.75) is 18.9 Å². The first-order valence-electron chi connectivity index (χ1n) is 9.51. The summed E-state index contributed by atoms with van der Waals surface area (Å²) in [5.41, 5.74) is 2.45. The Kier molecular flexibility index (Phi) is 5.35. The van der Waals surface area contributed by atoms with E-state index < -0.39 is 0 Å². The van der Waals surface area contributed by atoms with Crippen LogP contribution >= 0.6 is 0 Å². The molecule has 1 saturated heterocycles. The number of anilines is 1. The van der Waals surface area contributed by atoms with Crippen LogP contribution in [0.4, 0.5) is 5.69 Å². The molecule has 0 aliphatic carbocycles. The maximum absolute atomic E-state index is 11.8. The Labute approximate surface area is 159 Å². The third kappa shape index (κ3) is 4.47. The van der Waals surface area contributed by atoms with E-state index in [9.17, 15) is 4.79 Å². The number of rotatable bonds is 5. The SMILES string of the molecule is O=c1cc(NC2CCN(CC=Cc3ccccc3)CC2)c2ccccc2o1. The number of para-hydroxylation sites is 1. The highest BCUT2D eigenvalue weighted by Crippen LogP contribution is 2.24. The first-order chi connectivity index (χ1) is 13.3. The number of likely N-dealkylation sites (tertiary alicyclic amines) is 1. The van der Waals surface area contributed by atoms with E-state index in [1.54, 1.807) is 6.07 Å². The molecule has 1 aliphatic rings. The van der Waals surface area contributed by atoms with Crippen molar-refractivity contribution in [2.75, 3.05) is 25.0 Å². The van der Waals surface area contributed by atoms with E-state index in [-0.39, 0.29) is 5.63 Å². The zero-order chi connectivity index (χ0) is 18.5. The molecule has 1 fully saturated rings. The molecule has 0 bridgehead atoms. The third-order valence-electron chi connectivity index (χ3n) is 5.07. The molecule has 0 radical (unpaired) electrons. The molecule has 0 saturated carbocycles. The maximum Gasteiger partial charge on any atom is 0.338 e. The number of hydrogen-bond acceptors (Lipinski definition) is 4. The van der Waals surface area contributed by atoms with E-state index in [4.69, 9.17) is 4.42 Å². The molecule has 0 amide bonds. The number of benzene rings is 2. The fraction of sp³-hybridized carbons (Fsp3) is 0.261. The van der Waals surface area contributed by atoms with E-state index in [1.165, 1.54) is 5.56 Å². The maximum atomic E-state index is 11.8. The Balaban J connectivity index is 1.34. The fourth-order valence-electron chi connectivity index (χ4n) is 3.61. The molecule has 3 aromatic rings. The van der Waals surface area contributed by atoms with Crippen LogP contribution in [-0.2, 0) is 0 Å². The van der Waals surface area contributed by atoms with Gasteiger partial charge in [0.05, 0.1) is 5.69 Å². The highest BCUT2D eigenvalue weighted by molar-refractivity contribution is 5.89. The monoisotopic (exact) mass is 360 g/mol. The van der Waals surface area contributed by atoms with Crippen LogP contribution < -0.4 is 10.9 Å². The number of nitrogens with zero attached hydrogens (tertiary/aromatic N) is 1. The minimum Gasteiger partial charge on any atom is -0.423 e. The van der Waals surface area contributed by atoms with Crippen LogP contribution in [0.25, 0.3) is 17.0 Å². The average Bonchev–Trinajstić information content (AvgIpc) is 2.70. The molecule has 2 aromatic carbocycles. The lowest BCUT2D eigenvalue weighted by atomic mass is 10.0. The fourth-order valence-corrected chi connectivity index (χ4v) is 3.61. The topological polar surface area (TPSA) is 45.5 Å². The van der Waals surface area contributed by atoms with Gasteiger partial charge in [-0.1, -0.05) is 54.6 Å². The molecule has 4 rings (SSSR count). The summed E-state index contributed by atoms with van der Waals surface area (Å²) in [6.45, 7) is 3.08. The summed E-state index contributed by atoms with van der Waals surface area (Å²) in [5.74, 6) is 0. The highest BCUT2D eigenvalue weighted by Gasteiger charge is 2.19. The molecule has 0 atom stereocenters. The normalized spacial score (nSPS) is 16.1. The molecule has 2 heterocycles. The zero-order valence-corrected chi connectivity index (χ0v) is 15.3. The number of fused-ring (bicyclic) bond motifs is 1. The Morgan fingerprint density at radius 1 is 1.04 bits per heavy atom. The largest absolute Gasteiger partial charge is 0.423 e. The van der Waals surface area contributed by atoms with Crippen LogP contribution in [-0.4, -0.2) is 30.6 Å². The van der Waals surface area contributed by atoms with Gasteiger partial charge < -0.3 is 9.73 Å². The summed E-state index contributed by atoms with van der Waals surface area (Å²) in [4.78, 5) is 14.3. The predicted octanol–water partition coefficient (Wildman–Crippen LogP) is 4.38. The molecule has 0 unspecified atom stereocenters. The van der Waals surface area contributed by atoms with Crippen molar-refractivity contribution in [2.24, 2.45) is 0 Å². The van der Waals surface area contributed by atoms with E-state index in [0.29, 0.717) is 11.6 Å². The Bertz CT molecular complexity index is 970. The average molecular weight is 360 g/mol. The molecule has 27 heavy (non-hydrogen) atoms. The predicted molar refractivity (Wildman–Crippen MR) is 111 cm³/mol. The van der Waals surface area contributed by atoms with Crippen LogP contribution in [0, 0.1) is 0 Å². The molecule has 0 spiro atoms. The van der Waals surface area contributed by atoms with Crippen LogP contribution in [0.5, 0.6) is 0 Å². The van der Waals surface area contributed by atoms with E-state index in [2.05, 4.69) is 46.6 Å². The highest BCUT2D eigenvalue weighted by atomic mass is 16.4. The summed E-state index contributed by atoms with van der Waals surface area (Å²) >= 11 is 0. The van der Waals surface area contributed by atoms with Gasteiger partial charge in [0.15, 0.2) is 0 Å². The van der Waals surface area contributed by atoms with Gasteiger partial charge in [0.1, 0.15) is 5.58 Å². The van der Waals surface area contributed by atoms with Gasteiger partial charge in [-0.2, -0.15) is 0 Å². The molecule has 4 heteroatoms. The molecular weight excluding hydrogens is 336 g/mol. The molecule has 1 aliphatic heterocycles. The van der Waals surface area contributed by atoms with E-state index in [1.807, 2.05) is 30.3 Å². The smallest absolute Gasteiger partial charge is 0.338 e. The van der Waals surface area contributed by atoms with Gasteiger partial charge >= 0.3 is 5.63 Å². The van der Waals surface area contributed by atoms with Crippen molar-refractivity contribution >= 4 is 22.7 Å². The van der Waals surface area contributed by atoms with Gasteiger partial charge in [-0.15, -0.1) is 0 Å². The second-order valence-electron chi connectivity index (χ2n) is 7.01. The minimum absolute atomic E-state index is 0.306. The minimum atomic E-state index is -0.306. The number of piperidine rings is 1. The summed E-state index contributed by atoms with van der Waals surface area (Å²) in [7, 11) is 0. The van der Waals surface area contributed by atoms with E-state index >= 15 is 0 Å². The quantitative estimate of drug-likeness (QED) is 0.686. The van der Waals surface area contributed by atoms with Crippen molar-refractivity contribution in [1.82, 2.24) is 4.90 Å². The van der Waals surface area contributed by atoms with Gasteiger partial charge in [0, 0.05) is 37.1 Å². The van der Waals surface area contributed by atoms with Gasteiger partial charge in [0.2, 0.25) is 0 Å². The van der Waals surface area contributed by atoms with Crippen LogP contribution in [0.15, 0.2) is 76.0 Å². The third-order valence-corrected chi connectivity index (χ3v) is 5.07. The summed E-state index contributed by atoms with van der Waals surface area (Å²) in [6.07, 6.45) is 6.54. The summed E-state index contributed by atoms with van der Waals surface area (Å²) < 4.78 is 5.28. The molecule has 138 valence electrons. The first-order valence-corrected chi connectivity index (χ1v) is 9.51. The van der Waals surface area contributed by atoms with Gasteiger partial charge in [0.25, 0.3) is 0 Å². The second-order valence-corrected chi connectivity index (χ2v) is 7.01. The van der Waals surface area contributed by atoms with Crippen molar-refractivity contribution in [1.29, 1.82) is 0 Å². The molecule has 1 aromatic heterocycles. The standard InChI is InChI=1S/C23H24N2O2/c26-23-17-21(20-10-4-5-11-22(20)27-23)24-19-12-15-25(16-13-19)14-6-9-18-7-2-1-3-8-18/h1-11,17,19,24H,12-16H2. The zero-order valence-electron chi connectivity index (χ0n) is 15.3. The number of nitrogens with one attached hydrogen (secondary N) is 1. The summed E-state index contributed by atoms with van der Waals surface area (Å²) in [6, 6.07) is 20.0. The van der Waals surface area contributed by atoms with Gasteiger partial charge in [-0.25, -0.2) is 4.79 Å². The van der Waals surface area contributed by atoms with Crippen molar-refractivity contribution in [3.63, 3.8) is 0 Å². The van der Waals surface area contributed by atoms with Gasteiger partial charge in [-0.3, -0.25) is 4.90 Å². The van der Waals surface area contributed by atoms with Crippen molar-refractivity contribution in [3.8, 4) is 0 Å². The van der Waals surface area contributed by atoms with E-state index in [0.717, 1.165) is 43.5 Å². The molecule has 1 N–H and O–H groups in total. The lowest BCUT2D eigenvalue weighted by Crippen LogP contribution is -2.39. The lowest BCUT2D eigenvalue weighted by Gasteiger charge is -2.32. The second kappa shape index (κ2) is 8.23.